The zero-order valence-electron chi connectivity index (χ0n) is 8.46. The Hall–Kier alpha value is 0.280. The molecule has 2 fully saturated rings. The highest BCUT2D eigenvalue weighted by Gasteiger charge is 2.54. The SMILES string of the molecule is Clc1ccc(C(Cl)C2C3CCCCC32)s1. The van der Waals surface area contributed by atoms with Crippen LogP contribution >= 0.6 is 34.5 Å². The summed E-state index contributed by atoms with van der Waals surface area (Å²) in [5.41, 5.74) is 0. The van der Waals surface area contributed by atoms with Crippen molar-refractivity contribution < 1.29 is 0 Å². The molecule has 3 unspecified atom stereocenters. The van der Waals surface area contributed by atoms with Crippen LogP contribution in [0.3, 0.4) is 0 Å². The fraction of sp³-hybridized carbons (Fsp3) is 0.667. The minimum Gasteiger partial charge on any atom is -0.127 e. The summed E-state index contributed by atoms with van der Waals surface area (Å²) in [6.07, 6.45) is 5.62. The number of hydrogen-bond donors (Lipinski definition) is 0. The fourth-order valence-corrected chi connectivity index (χ4v) is 4.83. The molecule has 0 aliphatic heterocycles. The monoisotopic (exact) mass is 260 g/mol. The largest absolute Gasteiger partial charge is 0.127 e. The molecule has 2 aliphatic carbocycles. The first-order valence-corrected chi connectivity index (χ1v) is 7.30. The van der Waals surface area contributed by atoms with E-state index in [2.05, 4.69) is 6.07 Å². The van der Waals surface area contributed by atoms with E-state index in [4.69, 9.17) is 23.2 Å². The van der Waals surface area contributed by atoms with E-state index in [1.165, 1.54) is 30.6 Å². The van der Waals surface area contributed by atoms with Crippen LogP contribution in [0.2, 0.25) is 4.34 Å². The van der Waals surface area contributed by atoms with Gasteiger partial charge in [-0.25, -0.2) is 0 Å². The van der Waals surface area contributed by atoms with Crippen LogP contribution in [0, 0.1) is 17.8 Å². The lowest BCUT2D eigenvalue weighted by atomic mass is 10.0. The van der Waals surface area contributed by atoms with Crippen molar-refractivity contribution in [3.8, 4) is 0 Å². The maximum Gasteiger partial charge on any atom is 0.0931 e. The summed E-state index contributed by atoms with van der Waals surface area (Å²) in [6.45, 7) is 0. The lowest BCUT2D eigenvalue weighted by molar-refractivity contribution is 0.480. The van der Waals surface area contributed by atoms with E-state index >= 15 is 0 Å². The molecule has 3 atom stereocenters. The Morgan fingerprint density at radius 2 is 1.87 bits per heavy atom. The van der Waals surface area contributed by atoms with Gasteiger partial charge < -0.3 is 0 Å². The third kappa shape index (κ3) is 1.83. The van der Waals surface area contributed by atoms with Crippen molar-refractivity contribution in [2.45, 2.75) is 31.1 Å². The van der Waals surface area contributed by atoms with Gasteiger partial charge in [-0.1, -0.05) is 24.4 Å². The molecular formula is C12H14Cl2S. The van der Waals surface area contributed by atoms with Crippen LogP contribution in [0.1, 0.15) is 35.9 Å². The number of hydrogen-bond acceptors (Lipinski definition) is 1. The molecule has 1 aromatic rings. The highest BCUT2D eigenvalue weighted by Crippen LogP contribution is 2.62. The molecule has 15 heavy (non-hydrogen) atoms. The molecule has 0 bridgehead atoms. The maximum absolute atomic E-state index is 6.54. The third-order valence-electron chi connectivity index (χ3n) is 3.93. The maximum atomic E-state index is 6.54. The summed E-state index contributed by atoms with van der Waals surface area (Å²) < 4.78 is 0.860. The molecule has 3 rings (SSSR count). The molecule has 0 spiro atoms. The molecule has 0 N–H and O–H groups in total. The summed E-state index contributed by atoms with van der Waals surface area (Å²) >= 11 is 14.1. The number of fused-ring (bicyclic) bond motifs is 1. The van der Waals surface area contributed by atoms with Gasteiger partial charge in [0.1, 0.15) is 0 Å². The Morgan fingerprint density at radius 1 is 1.20 bits per heavy atom. The average molecular weight is 261 g/mol. The standard InChI is InChI=1S/C12H14Cl2S/c13-10-6-5-9(15-10)12(14)11-7-3-1-2-4-8(7)11/h5-8,11-12H,1-4H2. The van der Waals surface area contributed by atoms with E-state index in [0.717, 1.165) is 22.1 Å². The van der Waals surface area contributed by atoms with Crippen molar-refractivity contribution in [1.29, 1.82) is 0 Å². The van der Waals surface area contributed by atoms with E-state index in [1.54, 1.807) is 11.3 Å². The summed E-state index contributed by atoms with van der Waals surface area (Å²) in [5.74, 6) is 2.58. The molecule has 1 heterocycles. The first-order chi connectivity index (χ1) is 7.27. The van der Waals surface area contributed by atoms with E-state index < -0.39 is 0 Å². The second-order valence-electron chi connectivity index (χ2n) is 4.73. The summed E-state index contributed by atoms with van der Waals surface area (Å²) in [7, 11) is 0. The Balaban J connectivity index is 1.73. The van der Waals surface area contributed by atoms with Crippen LogP contribution in [0.4, 0.5) is 0 Å². The fourth-order valence-electron chi connectivity index (χ4n) is 3.15. The predicted octanol–water partition coefficient (Wildman–Crippen LogP) is 5.12. The van der Waals surface area contributed by atoms with Crippen LogP contribution < -0.4 is 0 Å². The number of rotatable bonds is 2. The van der Waals surface area contributed by atoms with Gasteiger partial charge in [-0.2, -0.15) is 0 Å². The van der Waals surface area contributed by atoms with Gasteiger partial charge in [-0.15, -0.1) is 22.9 Å². The molecule has 2 saturated carbocycles. The molecule has 0 aromatic carbocycles. The van der Waals surface area contributed by atoms with E-state index in [0.29, 0.717) is 0 Å². The minimum absolute atomic E-state index is 0.218. The summed E-state index contributed by atoms with van der Waals surface area (Å²) in [4.78, 5) is 1.26. The minimum atomic E-state index is 0.218. The van der Waals surface area contributed by atoms with Gasteiger partial charge in [0.2, 0.25) is 0 Å². The van der Waals surface area contributed by atoms with Crippen LogP contribution in [-0.2, 0) is 0 Å². The van der Waals surface area contributed by atoms with Gasteiger partial charge >= 0.3 is 0 Å². The Kier molecular flexibility index (Phi) is 2.74. The number of thiophene rings is 1. The van der Waals surface area contributed by atoms with Crippen molar-refractivity contribution >= 4 is 34.5 Å². The Morgan fingerprint density at radius 3 is 2.40 bits per heavy atom. The number of halogens is 2. The first-order valence-electron chi connectivity index (χ1n) is 5.66. The van der Waals surface area contributed by atoms with Gasteiger partial charge in [-0.3, -0.25) is 0 Å². The molecule has 0 amide bonds. The van der Waals surface area contributed by atoms with Crippen molar-refractivity contribution in [2.75, 3.05) is 0 Å². The summed E-state index contributed by atoms with van der Waals surface area (Å²) in [5, 5.41) is 0.218. The average Bonchev–Trinajstić information content (AvgIpc) is 2.82. The van der Waals surface area contributed by atoms with Crippen molar-refractivity contribution in [2.24, 2.45) is 17.8 Å². The molecule has 2 aliphatic rings. The van der Waals surface area contributed by atoms with Gasteiger partial charge in [0.15, 0.2) is 0 Å². The zero-order valence-corrected chi connectivity index (χ0v) is 10.8. The molecule has 0 saturated heterocycles. The van der Waals surface area contributed by atoms with E-state index in [-0.39, 0.29) is 5.38 Å². The summed E-state index contributed by atoms with van der Waals surface area (Å²) in [6, 6.07) is 4.05. The van der Waals surface area contributed by atoms with Gasteiger partial charge in [-0.05, 0) is 42.7 Å². The Labute approximate surface area is 105 Å². The van der Waals surface area contributed by atoms with Crippen LogP contribution in [0.25, 0.3) is 0 Å². The normalized spacial score (nSPS) is 36.0. The van der Waals surface area contributed by atoms with E-state index in [1.807, 2.05) is 6.07 Å². The molecule has 0 radical (unpaired) electrons. The van der Waals surface area contributed by atoms with Crippen LogP contribution in [-0.4, -0.2) is 0 Å². The van der Waals surface area contributed by atoms with E-state index in [9.17, 15) is 0 Å². The first kappa shape index (κ1) is 10.4. The molecule has 1 aromatic heterocycles. The number of alkyl halides is 1. The van der Waals surface area contributed by atoms with Crippen LogP contribution in [0.15, 0.2) is 12.1 Å². The van der Waals surface area contributed by atoms with Crippen LogP contribution in [0.5, 0.6) is 0 Å². The second kappa shape index (κ2) is 3.94. The lowest BCUT2D eigenvalue weighted by Crippen LogP contribution is -1.92. The quantitative estimate of drug-likeness (QED) is 0.648. The molecule has 82 valence electrons. The van der Waals surface area contributed by atoms with Gasteiger partial charge in [0, 0.05) is 4.88 Å². The van der Waals surface area contributed by atoms with Crippen molar-refractivity contribution in [3.05, 3.63) is 21.3 Å². The molecule has 0 nitrogen and oxygen atoms in total. The highest BCUT2D eigenvalue weighted by atomic mass is 35.5. The van der Waals surface area contributed by atoms with Gasteiger partial charge in [0.05, 0.1) is 9.71 Å². The lowest BCUT2D eigenvalue weighted by Gasteiger charge is -2.05. The van der Waals surface area contributed by atoms with Crippen molar-refractivity contribution in [1.82, 2.24) is 0 Å². The smallest absolute Gasteiger partial charge is 0.0931 e. The van der Waals surface area contributed by atoms with Crippen molar-refractivity contribution in [3.63, 3.8) is 0 Å². The molecule has 3 heteroatoms. The highest BCUT2D eigenvalue weighted by molar-refractivity contribution is 7.16. The Bertz CT molecular complexity index is 348. The topological polar surface area (TPSA) is 0 Å². The predicted molar refractivity (Wildman–Crippen MR) is 66.9 cm³/mol. The second-order valence-corrected chi connectivity index (χ2v) is 6.95. The zero-order chi connectivity index (χ0) is 10.4. The third-order valence-corrected chi connectivity index (χ3v) is 5.90. The molecular weight excluding hydrogens is 247 g/mol. The van der Waals surface area contributed by atoms with Gasteiger partial charge in [0.25, 0.3) is 0 Å².